The fourth-order valence-electron chi connectivity index (χ4n) is 2.86. The summed E-state index contributed by atoms with van der Waals surface area (Å²) in [6.45, 7) is 0.432. The summed E-state index contributed by atoms with van der Waals surface area (Å²) in [5, 5.41) is 11.4. The minimum Gasteiger partial charge on any atom is -0.457 e. The molecule has 0 spiro atoms. The number of halogens is 2. The summed E-state index contributed by atoms with van der Waals surface area (Å²) in [5.74, 6) is 1.40. The minimum absolute atomic E-state index is 0.240. The summed E-state index contributed by atoms with van der Waals surface area (Å²) in [6, 6.07) is 20.3. The lowest BCUT2D eigenvalue weighted by Gasteiger charge is -2.14. The molecule has 0 aliphatic rings. The number of fused-ring (bicyclic) bond motifs is 1. The van der Waals surface area contributed by atoms with E-state index in [9.17, 15) is 4.79 Å². The molecule has 3 aromatic carbocycles. The minimum atomic E-state index is -0.282. The van der Waals surface area contributed by atoms with Crippen molar-refractivity contribution in [2.24, 2.45) is 0 Å². The van der Waals surface area contributed by atoms with Crippen LogP contribution in [0.1, 0.15) is 5.56 Å². The number of nitrogens with one attached hydrogen (secondary N) is 2. The second-order valence-corrected chi connectivity index (χ2v) is 6.85. The Bertz CT molecular complexity index is 1190. The van der Waals surface area contributed by atoms with E-state index >= 15 is 0 Å². The van der Waals surface area contributed by atoms with Gasteiger partial charge in [-0.2, -0.15) is 5.10 Å². The predicted octanol–water partition coefficient (Wildman–Crippen LogP) is 5.63. The Hall–Kier alpha value is -3.02. The van der Waals surface area contributed by atoms with Crippen LogP contribution in [0.25, 0.3) is 10.8 Å². The maximum Gasteiger partial charge on any atom is 0.272 e. The summed E-state index contributed by atoms with van der Waals surface area (Å²) >= 11 is 12.5. The first kappa shape index (κ1) is 18.3. The molecule has 7 heteroatoms. The highest BCUT2D eigenvalue weighted by atomic mass is 35.5. The van der Waals surface area contributed by atoms with E-state index in [1.165, 1.54) is 0 Å². The Morgan fingerprint density at radius 2 is 1.79 bits per heavy atom. The van der Waals surface area contributed by atoms with Crippen LogP contribution in [0.15, 0.2) is 71.5 Å². The number of aromatic amines is 1. The Labute approximate surface area is 170 Å². The van der Waals surface area contributed by atoms with Crippen molar-refractivity contribution in [3.63, 3.8) is 0 Å². The van der Waals surface area contributed by atoms with E-state index in [1.807, 2.05) is 54.6 Å². The Balaban J connectivity index is 1.61. The summed E-state index contributed by atoms with van der Waals surface area (Å²) in [6.07, 6.45) is 0. The number of benzene rings is 3. The maximum absolute atomic E-state index is 11.9. The third-order valence-electron chi connectivity index (χ3n) is 4.26. The SMILES string of the molecule is O=c1[nH]nc(Cl)c2cc(NCc3c(Cl)cccc3Oc3ccccc3)ccc12. The van der Waals surface area contributed by atoms with Gasteiger partial charge >= 0.3 is 0 Å². The number of hydrogen-bond acceptors (Lipinski definition) is 4. The standard InChI is InChI=1S/C21H15Cl2N3O2/c22-18-7-4-8-19(28-14-5-2-1-3-6-14)17(18)12-24-13-9-10-15-16(11-13)20(23)25-26-21(15)27/h1-11,24H,12H2,(H,26,27). The lowest BCUT2D eigenvalue weighted by molar-refractivity contribution is 0.477. The van der Waals surface area contributed by atoms with Crippen molar-refractivity contribution in [2.75, 3.05) is 5.32 Å². The maximum atomic E-state index is 11.9. The largest absolute Gasteiger partial charge is 0.457 e. The topological polar surface area (TPSA) is 67.0 Å². The van der Waals surface area contributed by atoms with Gasteiger partial charge in [-0.3, -0.25) is 4.79 Å². The molecule has 4 rings (SSSR count). The number of anilines is 1. The van der Waals surface area contributed by atoms with Crippen molar-refractivity contribution in [1.29, 1.82) is 0 Å². The van der Waals surface area contributed by atoms with Crippen molar-refractivity contribution in [3.8, 4) is 11.5 Å². The average Bonchev–Trinajstić information content (AvgIpc) is 2.71. The van der Waals surface area contributed by atoms with Crippen LogP contribution in [-0.4, -0.2) is 10.2 Å². The number of rotatable bonds is 5. The molecule has 0 unspecified atom stereocenters. The molecule has 0 fully saturated rings. The molecule has 0 amide bonds. The molecule has 0 aliphatic heterocycles. The van der Waals surface area contributed by atoms with Crippen LogP contribution in [0.5, 0.6) is 11.5 Å². The van der Waals surface area contributed by atoms with Crippen LogP contribution in [0, 0.1) is 0 Å². The van der Waals surface area contributed by atoms with E-state index in [1.54, 1.807) is 12.1 Å². The Kier molecular flexibility index (Phi) is 5.19. The molecule has 5 nitrogen and oxygen atoms in total. The Morgan fingerprint density at radius 3 is 2.61 bits per heavy atom. The van der Waals surface area contributed by atoms with Gasteiger partial charge in [0, 0.05) is 28.2 Å². The first-order valence-corrected chi connectivity index (χ1v) is 9.29. The lowest BCUT2D eigenvalue weighted by atomic mass is 10.1. The zero-order chi connectivity index (χ0) is 19.5. The average molecular weight is 412 g/mol. The molecule has 0 radical (unpaired) electrons. The molecule has 4 aromatic rings. The molecule has 1 heterocycles. The van der Waals surface area contributed by atoms with Crippen molar-refractivity contribution in [2.45, 2.75) is 6.54 Å². The van der Waals surface area contributed by atoms with Crippen molar-refractivity contribution >= 4 is 39.7 Å². The van der Waals surface area contributed by atoms with Gasteiger partial charge in [0.05, 0.1) is 5.39 Å². The second-order valence-electron chi connectivity index (χ2n) is 6.09. The first-order valence-electron chi connectivity index (χ1n) is 8.54. The molecule has 0 atom stereocenters. The molecular weight excluding hydrogens is 397 g/mol. The fourth-order valence-corrected chi connectivity index (χ4v) is 3.29. The third-order valence-corrected chi connectivity index (χ3v) is 4.90. The number of ether oxygens (including phenoxy) is 1. The van der Waals surface area contributed by atoms with Crippen LogP contribution < -0.4 is 15.6 Å². The first-order chi connectivity index (χ1) is 13.6. The van der Waals surface area contributed by atoms with Gasteiger partial charge in [0.2, 0.25) is 0 Å². The quantitative estimate of drug-likeness (QED) is 0.446. The van der Waals surface area contributed by atoms with Gasteiger partial charge in [-0.25, -0.2) is 5.10 Å². The van der Waals surface area contributed by atoms with Crippen LogP contribution in [0.2, 0.25) is 10.2 Å². The lowest BCUT2D eigenvalue weighted by Crippen LogP contribution is -2.09. The molecular formula is C21H15Cl2N3O2. The highest BCUT2D eigenvalue weighted by Gasteiger charge is 2.11. The van der Waals surface area contributed by atoms with E-state index in [-0.39, 0.29) is 10.7 Å². The van der Waals surface area contributed by atoms with E-state index < -0.39 is 0 Å². The van der Waals surface area contributed by atoms with Gasteiger partial charge in [-0.1, -0.05) is 47.5 Å². The van der Waals surface area contributed by atoms with Gasteiger partial charge in [-0.15, -0.1) is 0 Å². The van der Waals surface area contributed by atoms with E-state index in [4.69, 9.17) is 27.9 Å². The van der Waals surface area contributed by atoms with Gasteiger partial charge in [0.15, 0.2) is 5.15 Å². The normalized spacial score (nSPS) is 10.8. The molecule has 0 saturated heterocycles. The second kappa shape index (κ2) is 7.92. The zero-order valence-electron chi connectivity index (χ0n) is 14.6. The van der Waals surface area contributed by atoms with E-state index in [0.29, 0.717) is 28.1 Å². The van der Waals surface area contributed by atoms with Gasteiger partial charge in [0.1, 0.15) is 11.5 Å². The summed E-state index contributed by atoms with van der Waals surface area (Å²) < 4.78 is 5.98. The molecule has 0 bridgehead atoms. The highest BCUT2D eigenvalue weighted by Crippen LogP contribution is 2.31. The predicted molar refractivity (Wildman–Crippen MR) is 113 cm³/mol. The summed E-state index contributed by atoms with van der Waals surface area (Å²) in [4.78, 5) is 11.9. The molecule has 140 valence electrons. The summed E-state index contributed by atoms with van der Waals surface area (Å²) in [7, 11) is 0. The molecule has 28 heavy (non-hydrogen) atoms. The van der Waals surface area contributed by atoms with Crippen LogP contribution in [0.4, 0.5) is 5.69 Å². The highest BCUT2D eigenvalue weighted by molar-refractivity contribution is 6.34. The van der Waals surface area contributed by atoms with Crippen LogP contribution in [-0.2, 0) is 6.54 Å². The van der Waals surface area contributed by atoms with Crippen LogP contribution in [0.3, 0.4) is 0 Å². The number of hydrogen-bond donors (Lipinski definition) is 2. The number of para-hydroxylation sites is 1. The van der Waals surface area contributed by atoms with Gasteiger partial charge in [-0.05, 0) is 42.5 Å². The molecule has 0 aliphatic carbocycles. The fraction of sp³-hybridized carbons (Fsp3) is 0.0476. The number of H-pyrrole nitrogens is 1. The van der Waals surface area contributed by atoms with Crippen molar-refractivity contribution < 1.29 is 4.74 Å². The zero-order valence-corrected chi connectivity index (χ0v) is 16.1. The van der Waals surface area contributed by atoms with Gasteiger partial charge < -0.3 is 10.1 Å². The van der Waals surface area contributed by atoms with Gasteiger partial charge in [0.25, 0.3) is 5.56 Å². The molecule has 1 aromatic heterocycles. The van der Waals surface area contributed by atoms with Crippen molar-refractivity contribution in [3.05, 3.63) is 92.8 Å². The molecule has 0 saturated carbocycles. The number of aromatic nitrogens is 2. The Morgan fingerprint density at radius 1 is 0.964 bits per heavy atom. The number of nitrogens with zero attached hydrogens (tertiary/aromatic N) is 1. The smallest absolute Gasteiger partial charge is 0.272 e. The third kappa shape index (κ3) is 3.81. The van der Waals surface area contributed by atoms with Crippen LogP contribution >= 0.6 is 23.2 Å². The van der Waals surface area contributed by atoms with E-state index in [2.05, 4.69) is 15.5 Å². The molecule has 2 N–H and O–H groups in total. The van der Waals surface area contributed by atoms with Crippen molar-refractivity contribution in [1.82, 2.24) is 10.2 Å². The summed E-state index contributed by atoms with van der Waals surface area (Å²) in [5.41, 5.74) is 1.33. The van der Waals surface area contributed by atoms with E-state index in [0.717, 1.165) is 17.0 Å². The monoisotopic (exact) mass is 411 g/mol.